The maximum Gasteiger partial charge on any atom is 0.242 e. The van der Waals surface area contributed by atoms with Gasteiger partial charge < -0.3 is 9.67 Å². The van der Waals surface area contributed by atoms with Gasteiger partial charge in [-0.1, -0.05) is 0 Å². The van der Waals surface area contributed by atoms with Crippen molar-refractivity contribution in [3.8, 4) is 0 Å². The van der Waals surface area contributed by atoms with E-state index < -0.39 is 10.0 Å². The van der Waals surface area contributed by atoms with E-state index in [2.05, 4.69) is 4.72 Å². The maximum absolute atomic E-state index is 12.4. The van der Waals surface area contributed by atoms with Crippen molar-refractivity contribution in [3.63, 3.8) is 0 Å². The minimum absolute atomic E-state index is 0.122. The van der Waals surface area contributed by atoms with E-state index in [1.165, 1.54) is 0 Å². The molecule has 0 atom stereocenters. The molecule has 0 amide bonds. The van der Waals surface area contributed by atoms with E-state index in [-0.39, 0.29) is 17.0 Å². The molecule has 2 aliphatic carbocycles. The number of nitrogens with one attached hydrogen (secondary N) is 1. The Kier molecular flexibility index (Phi) is 2.99. The molecule has 2 saturated carbocycles. The molecule has 1 aromatic rings. The van der Waals surface area contributed by atoms with Gasteiger partial charge >= 0.3 is 0 Å². The smallest absolute Gasteiger partial charge is 0.242 e. The third kappa shape index (κ3) is 2.44. The molecule has 2 N–H and O–H groups in total. The van der Waals surface area contributed by atoms with Crippen molar-refractivity contribution in [1.29, 1.82) is 0 Å². The summed E-state index contributed by atoms with van der Waals surface area (Å²) in [6, 6.07) is 1.95. The Morgan fingerprint density at radius 1 is 1.47 bits per heavy atom. The van der Waals surface area contributed by atoms with E-state index in [0.717, 1.165) is 32.1 Å². The standard InChI is InChI=1S/C13H20N2O3S/c1-13(5-2-6-13)14-19(17,18)12-7-11(9-16)15(8-12)10-3-4-10/h7-8,10,14,16H,2-6,9H2,1H3. The van der Waals surface area contributed by atoms with Crippen molar-refractivity contribution in [2.75, 3.05) is 0 Å². The summed E-state index contributed by atoms with van der Waals surface area (Å²) in [5.74, 6) is 0. The Hall–Kier alpha value is -0.850. The van der Waals surface area contributed by atoms with Crippen LogP contribution in [0.25, 0.3) is 0 Å². The molecule has 1 heterocycles. The number of hydrogen-bond acceptors (Lipinski definition) is 3. The van der Waals surface area contributed by atoms with Crippen LogP contribution in [0.1, 0.15) is 50.8 Å². The van der Waals surface area contributed by atoms with E-state index in [1.807, 2.05) is 11.5 Å². The molecule has 1 aromatic heterocycles. The van der Waals surface area contributed by atoms with E-state index in [1.54, 1.807) is 12.3 Å². The minimum atomic E-state index is -3.48. The Labute approximate surface area is 113 Å². The zero-order valence-corrected chi connectivity index (χ0v) is 11.9. The Balaban J connectivity index is 1.88. The zero-order valence-electron chi connectivity index (χ0n) is 11.1. The Morgan fingerprint density at radius 2 is 2.16 bits per heavy atom. The van der Waals surface area contributed by atoms with Gasteiger partial charge in [-0.05, 0) is 45.1 Å². The van der Waals surface area contributed by atoms with Crippen LogP contribution in [0.5, 0.6) is 0 Å². The quantitative estimate of drug-likeness (QED) is 0.861. The lowest BCUT2D eigenvalue weighted by molar-refractivity contribution is 0.248. The molecule has 0 aromatic carbocycles. The highest BCUT2D eigenvalue weighted by Gasteiger charge is 2.37. The van der Waals surface area contributed by atoms with Crippen LogP contribution in [0.3, 0.4) is 0 Å². The monoisotopic (exact) mass is 284 g/mol. The molecule has 5 nitrogen and oxygen atoms in total. The summed E-state index contributed by atoms with van der Waals surface area (Å²) in [5.41, 5.74) is 0.390. The molecule has 0 saturated heterocycles. The topological polar surface area (TPSA) is 71.3 Å². The zero-order chi connectivity index (χ0) is 13.7. The van der Waals surface area contributed by atoms with Gasteiger partial charge in [0.15, 0.2) is 0 Å². The maximum atomic E-state index is 12.4. The third-order valence-electron chi connectivity index (χ3n) is 4.16. The minimum Gasteiger partial charge on any atom is -0.390 e. The van der Waals surface area contributed by atoms with Crippen molar-refractivity contribution >= 4 is 10.0 Å². The van der Waals surface area contributed by atoms with E-state index >= 15 is 0 Å². The third-order valence-corrected chi connectivity index (χ3v) is 5.76. The molecule has 19 heavy (non-hydrogen) atoms. The summed E-state index contributed by atoms with van der Waals surface area (Å²) in [6.07, 6.45) is 6.64. The van der Waals surface area contributed by atoms with Gasteiger partial charge in [0, 0.05) is 23.5 Å². The number of nitrogens with zero attached hydrogens (tertiary/aromatic N) is 1. The first-order valence-electron chi connectivity index (χ1n) is 6.79. The van der Waals surface area contributed by atoms with Gasteiger partial charge in [0.25, 0.3) is 0 Å². The van der Waals surface area contributed by atoms with Crippen LogP contribution in [0.2, 0.25) is 0 Å². The van der Waals surface area contributed by atoms with Gasteiger partial charge in [0.05, 0.1) is 6.61 Å². The number of sulfonamides is 1. The summed E-state index contributed by atoms with van der Waals surface area (Å²) in [6.45, 7) is 1.82. The second-order valence-electron chi connectivity index (χ2n) is 5.98. The predicted octanol–water partition coefficient (Wildman–Crippen LogP) is 1.54. The number of hydrogen-bond donors (Lipinski definition) is 2. The molecule has 0 unspecified atom stereocenters. The van der Waals surface area contributed by atoms with Crippen LogP contribution >= 0.6 is 0 Å². The summed E-state index contributed by atoms with van der Waals surface area (Å²) in [5, 5.41) is 9.33. The fourth-order valence-corrected chi connectivity index (χ4v) is 4.17. The summed E-state index contributed by atoms with van der Waals surface area (Å²) in [7, 11) is -3.48. The van der Waals surface area contributed by atoms with Crippen molar-refractivity contribution in [2.45, 2.75) is 62.1 Å². The van der Waals surface area contributed by atoms with E-state index in [0.29, 0.717) is 11.7 Å². The number of aromatic nitrogens is 1. The van der Waals surface area contributed by atoms with Crippen molar-refractivity contribution in [1.82, 2.24) is 9.29 Å². The molecule has 0 aliphatic heterocycles. The van der Waals surface area contributed by atoms with Crippen LogP contribution in [0.4, 0.5) is 0 Å². The van der Waals surface area contributed by atoms with Gasteiger partial charge in [-0.3, -0.25) is 0 Å². The second-order valence-corrected chi connectivity index (χ2v) is 7.67. The van der Waals surface area contributed by atoms with Gasteiger partial charge in [-0.2, -0.15) is 0 Å². The van der Waals surface area contributed by atoms with Gasteiger partial charge in [0.2, 0.25) is 10.0 Å². The summed E-state index contributed by atoms with van der Waals surface area (Å²) < 4.78 is 29.4. The number of aliphatic hydroxyl groups is 1. The van der Waals surface area contributed by atoms with Crippen LogP contribution in [0, 0.1) is 0 Å². The highest BCUT2D eigenvalue weighted by atomic mass is 32.2. The highest BCUT2D eigenvalue weighted by Crippen LogP contribution is 2.38. The molecule has 2 fully saturated rings. The average Bonchev–Trinajstić information content (AvgIpc) is 3.05. The first kappa shape index (κ1) is 13.1. The van der Waals surface area contributed by atoms with Crippen molar-refractivity contribution < 1.29 is 13.5 Å². The first-order valence-corrected chi connectivity index (χ1v) is 8.27. The molecule has 0 spiro atoms. The molecule has 106 valence electrons. The van der Waals surface area contributed by atoms with E-state index in [4.69, 9.17) is 0 Å². The normalized spacial score (nSPS) is 22.2. The van der Waals surface area contributed by atoms with Crippen molar-refractivity contribution in [2.24, 2.45) is 0 Å². The second kappa shape index (κ2) is 4.33. The lowest BCUT2D eigenvalue weighted by Gasteiger charge is -2.38. The van der Waals surface area contributed by atoms with Crippen LogP contribution in [0.15, 0.2) is 17.2 Å². The fourth-order valence-electron chi connectivity index (χ4n) is 2.66. The SMILES string of the molecule is CC1(NS(=O)(=O)c2cc(CO)n(C3CC3)c2)CCC1. The Morgan fingerprint density at radius 3 is 2.63 bits per heavy atom. The molecule has 6 heteroatoms. The summed E-state index contributed by atoms with van der Waals surface area (Å²) >= 11 is 0. The largest absolute Gasteiger partial charge is 0.390 e. The Bertz CT molecular complexity index is 583. The predicted molar refractivity (Wildman–Crippen MR) is 71.2 cm³/mol. The lowest BCUT2D eigenvalue weighted by atomic mass is 9.80. The van der Waals surface area contributed by atoms with Crippen molar-refractivity contribution in [3.05, 3.63) is 18.0 Å². The summed E-state index contributed by atoms with van der Waals surface area (Å²) in [4.78, 5) is 0.275. The molecule has 0 radical (unpaired) electrons. The lowest BCUT2D eigenvalue weighted by Crippen LogP contribution is -2.50. The first-order chi connectivity index (χ1) is 8.93. The number of rotatable bonds is 5. The molecular formula is C13H20N2O3S. The molecular weight excluding hydrogens is 264 g/mol. The van der Waals surface area contributed by atoms with Crippen LogP contribution in [-0.2, 0) is 16.6 Å². The number of aliphatic hydroxyl groups excluding tert-OH is 1. The van der Waals surface area contributed by atoms with Gasteiger partial charge in [-0.15, -0.1) is 0 Å². The molecule has 3 rings (SSSR count). The highest BCUT2D eigenvalue weighted by molar-refractivity contribution is 7.89. The molecule has 0 bridgehead atoms. The van der Waals surface area contributed by atoms with Crippen LogP contribution < -0.4 is 4.72 Å². The van der Waals surface area contributed by atoms with Crippen LogP contribution in [-0.4, -0.2) is 23.6 Å². The van der Waals surface area contributed by atoms with Gasteiger partial charge in [0.1, 0.15) is 4.90 Å². The fraction of sp³-hybridized carbons (Fsp3) is 0.692. The molecule has 2 aliphatic rings. The average molecular weight is 284 g/mol. The van der Waals surface area contributed by atoms with E-state index in [9.17, 15) is 13.5 Å². The van der Waals surface area contributed by atoms with Gasteiger partial charge in [-0.25, -0.2) is 13.1 Å².